The van der Waals surface area contributed by atoms with Crippen molar-refractivity contribution in [2.45, 2.75) is 46.3 Å². The number of aromatic nitrogens is 5. The van der Waals surface area contributed by atoms with Crippen molar-refractivity contribution in [3.8, 4) is 11.9 Å². The quantitative estimate of drug-likeness (QED) is 0.471. The highest BCUT2D eigenvalue weighted by molar-refractivity contribution is 5.82. The van der Waals surface area contributed by atoms with Crippen molar-refractivity contribution in [2.24, 2.45) is 7.05 Å². The summed E-state index contributed by atoms with van der Waals surface area (Å²) in [6.07, 6.45) is 1.97. The molecule has 33 heavy (non-hydrogen) atoms. The molecule has 0 aliphatic rings. The van der Waals surface area contributed by atoms with Gasteiger partial charge in [0.15, 0.2) is 5.82 Å². The summed E-state index contributed by atoms with van der Waals surface area (Å²) in [5.74, 6) is 0.602. The molecule has 9 nitrogen and oxygen atoms in total. The molecule has 0 bridgehead atoms. The first-order chi connectivity index (χ1) is 15.6. The molecule has 0 radical (unpaired) electrons. The Bertz CT molecular complexity index is 1440. The summed E-state index contributed by atoms with van der Waals surface area (Å²) in [5, 5.41) is 27.5. The zero-order valence-electron chi connectivity index (χ0n) is 19.4. The van der Waals surface area contributed by atoms with E-state index in [1.54, 1.807) is 40.8 Å². The van der Waals surface area contributed by atoms with Crippen LogP contribution >= 0.6 is 0 Å². The normalized spacial score (nSPS) is 11.7. The SMILES string of the molecule is Cc1cc(C)n(-c2cc(Nc3ccc4c(c3)n(CCC(C)(C)O)c(=O)n4C)c(C#N)cn2)n1. The molecular weight excluding hydrogens is 418 g/mol. The van der Waals surface area contributed by atoms with Gasteiger partial charge in [-0.2, -0.15) is 10.4 Å². The van der Waals surface area contributed by atoms with E-state index in [1.807, 2.05) is 38.1 Å². The zero-order chi connectivity index (χ0) is 23.9. The Hall–Kier alpha value is -3.90. The molecule has 9 heteroatoms. The fraction of sp³-hybridized carbons (Fsp3) is 0.333. The van der Waals surface area contributed by atoms with Gasteiger partial charge in [-0.25, -0.2) is 14.5 Å². The summed E-state index contributed by atoms with van der Waals surface area (Å²) < 4.78 is 4.99. The van der Waals surface area contributed by atoms with E-state index in [2.05, 4.69) is 21.5 Å². The van der Waals surface area contributed by atoms with Crippen molar-refractivity contribution < 1.29 is 5.11 Å². The molecule has 0 aliphatic carbocycles. The maximum atomic E-state index is 12.8. The fourth-order valence-electron chi connectivity index (χ4n) is 3.86. The van der Waals surface area contributed by atoms with Crippen LogP contribution in [0.1, 0.15) is 37.2 Å². The summed E-state index contributed by atoms with van der Waals surface area (Å²) in [6, 6.07) is 11.5. The number of fused-ring (bicyclic) bond motifs is 1. The number of imidazole rings is 1. The Morgan fingerprint density at radius 2 is 1.94 bits per heavy atom. The topological polar surface area (TPSA) is 114 Å². The average molecular weight is 446 g/mol. The molecule has 0 saturated carbocycles. The summed E-state index contributed by atoms with van der Waals surface area (Å²) in [7, 11) is 1.73. The third-order valence-corrected chi connectivity index (χ3v) is 5.61. The lowest BCUT2D eigenvalue weighted by molar-refractivity contribution is 0.0662. The minimum absolute atomic E-state index is 0.139. The highest BCUT2D eigenvalue weighted by atomic mass is 16.3. The van der Waals surface area contributed by atoms with Gasteiger partial charge in [0.2, 0.25) is 0 Å². The van der Waals surface area contributed by atoms with Crippen LogP contribution in [-0.4, -0.2) is 34.6 Å². The van der Waals surface area contributed by atoms with Crippen molar-refractivity contribution in [1.29, 1.82) is 5.26 Å². The molecule has 0 amide bonds. The summed E-state index contributed by atoms with van der Waals surface area (Å²) in [4.78, 5) is 17.2. The molecule has 1 aromatic carbocycles. The largest absolute Gasteiger partial charge is 0.390 e. The summed E-state index contributed by atoms with van der Waals surface area (Å²) in [6.45, 7) is 7.71. The Morgan fingerprint density at radius 3 is 2.58 bits per heavy atom. The smallest absolute Gasteiger partial charge is 0.328 e. The van der Waals surface area contributed by atoms with E-state index >= 15 is 0 Å². The molecule has 2 N–H and O–H groups in total. The zero-order valence-corrected chi connectivity index (χ0v) is 19.4. The lowest BCUT2D eigenvalue weighted by Gasteiger charge is -2.17. The van der Waals surface area contributed by atoms with Gasteiger partial charge >= 0.3 is 5.69 Å². The standard InChI is InChI=1S/C24H27N7O2/c1-15-10-16(2)31(28-15)22-12-19(17(13-25)14-26-22)27-18-6-7-20-21(11-18)30(23(32)29(20)5)9-8-24(3,4)33/h6-7,10-12,14,33H,8-9H2,1-5H3,(H,26,27). The molecule has 0 aliphatic heterocycles. The van der Waals surface area contributed by atoms with Crippen LogP contribution in [0, 0.1) is 25.2 Å². The third-order valence-electron chi connectivity index (χ3n) is 5.61. The Kier molecular flexibility index (Phi) is 5.56. The monoisotopic (exact) mass is 445 g/mol. The molecule has 170 valence electrons. The number of aliphatic hydroxyl groups is 1. The first kappa shape index (κ1) is 22.3. The van der Waals surface area contributed by atoms with E-state index in [1.165, 1.54) is 6.20 Å². The molecular formula is C24H27N7O2. The van der Waals surface area contributed by atoms with Gasteiger partial charge in [0.25, 0.3) is 0 Å². The average Bonchev–Trinajstić information content (AvgIpc) is 3.21. The van der Waals surface area contributed by atoms with Crippen LogP contribution in [0.3, 0.4) is 0 Å². The molecule has 0 fully saturated rings. The number of aryl methyl sites for hydroxylation is 4. The van der Waals surface area contributed by atoms with E-state index < -0.39 is 5.60 Å². The number of rotatable bonds is 6. The molecule has 0 atom stereocenters. The van der Waals surface area contributed by atoms with Gasteiger partial charge in [-0.1, -0.05) is 0 Å². The second kappa shape index (κ2) is 8.22. The van der Waals surface area contributed by atoms with Crippen molar-refractivity contribution >= 4 is 22.4 Å². The number of nitrogens with one attached hydrogen (secondary N) is 1. The molecule has 3 heterocycles. The summed E-state index contributed by atoms with van der Waals surface area (Å²) in [5.41, 5.74) is 4.07. The molecule has 4 aromatic rings. The van der Waals surface area contributed by atoms with E-state index in [-0.39, 0.29) is 5.69 Å². The van der Waals surface area contributed by atoms with Gasteiger partial charge in [0, 0.05) is 37.2 Å². The number of hydrogen-bond donors (Lipinski definition) is 2. The first-order valence-corrected chi connectivity index (χ1v) is 10.7. The Labute approximate surface area is 191 Å². The van der Waals surface area contributed by atoms with Gasteiger partial charge in [0.1, 0.15) is 6.07 Å². The van der Waals surface area contributed by atoms with Crippen LogP contribution in [0.5, 0.6) is 0 Å². The molecule has 0 saturated heterocycles. The predicted octanol–water partition coefficient (Wildman–Crippen LogP) is 3.31. The highest BCUT2D eigenvalue weighted by Gasteiger charge is 2.17. The first-order valence-electron chi connectivity index (χ1n) is 10.7. The van der Waals surface area contributed by atoms with E-state index in [4.69, 9.17) is 0 Å². The van der Waals surface area contributed by atoms with Gasteiger partial charge in [-0.15, -0.1) is 0 Å². The second-order valence-electron chi connectivity index (χ2n) is 8.92. The third kappa shape index (κ3) is 4.38. The molecule has 4 rings (SSSR count). The van der Waals surface area contributed by atoms with Crippen LogP contribution in [-0.2, 0) is 13.6 Å². The minimum Gasteiger partial charge on any atom is -0.390 e. The van der Waals surface area contributed by atoms with Crippen LogP contribution < -0.4 is 11.0 Å². The highest BCUT2D eigenvalue weighted by Crippen LogP contribution is 2.26. The van der Waals surface area contributed by atoms with Crippen LogP contribution in [0.15, 0.2) is 41.3 Å². The van der Waals surface area contributed by atoms with Crippen molar-refractivity contribution in [1.82, 2.24) is 23.9 Å². The van der Waals surface area contributed by atoms with Crippen molar-refractivity contribution in [2.75, 3.05) is 5.32 Å². The van der Waals surface area contributed by atoms with Crippen LogP contribution in [0.4, 0.5) is 11.4 Å². The molecule has 3 aromatic heterocycles. The number of benzene rings is 1. The maximum absolute atomic E-state index is 12.8. The molecule has 0 spiro atoms. The predicted molar refractivity (Wildman–Crippen MR) is 127 cm³/mol. The maximum Gasteiger partial charge on any atom is 0.328 e. The minimum atomic E-state index is -0.879. The van der Waals surface area contributed by atoms with Crippen LogP contribution in [0.2, 0.25) is 0 Å². The number of nitrogens with zero attached hydrogens (tertiary/aromatic N) is 6. The Balaban J connectivity index is 1.74. The van der Waals surface area contributed by atoms with Crippen molar-refractivity contribution in [3.05, 3.63) is 64.0 Å². The number of anilines is 2. The lowest BCUT2D eigenvalue weighted by Crippen LogP contribution is -2.27. The summed E-state index contributed by atoms with van der Waals surface area (Å²) >= 11 is 0. The number of hydrogen-bond acceptors (Lipinski definition) is 6. The van der Waals surface area contributed by atoms with Gasteiger partial charge in [-0.05, 0) is 58.4 Å². The Morgan fingerprint density at radius 1 is 1.18 bits per heavy atom. The van der Waals surface area contributed by atoms with Crippen LogP contribution in [0.25, 0.3) is 16.9 Å². The van der Waals surface area contributed by atoms with E-state index in [0.29, 0.717) is 30.0 Å². The number of pyridine rings is 1. The number of nitriles is 1. The van der Waals surface area contributed by atoms with Gasteiger partial charge in [0.05, 0.1) is 33.6 Å². The molecule has 0 unspecified atom stereocenters. The van der Waals surface area contributed by atoms with E-state index in [9.17, 15) is 15.2 Å². The van der Waals surface area contributed by atoms with Gasteiger partial charge in [-0.3, -0.25) is 9.13 Å². The van der Waals surface area contributed by atoms with E-state index in [0.717, 1.165) is 28.1 Å². The van der Waals surface area contributed by atoms with Gasteiger partial charge < -0.3 is 10.4 Å². The second-order valence-corrected chi connectivity index (χ2v) is 8.92. The fourth-order valence-corrected chi connectivity index (χ4v) is 3.86. The van der Waals surface area contributed by atoms with Crippen molar-refractivity contribution in [3.63, 3.8) is 0 Å². The lowest BCUT2D eigenvalue weighted by atomic mass is 10.1.